The highest BCUT2D eigenvalue weighted by Crippen LogP contribution is 2.18. The maximum Gasteiger partial charge on any atom is 0.278 e. The third kappa shape index (κ3) is 3.56. The molecule has 0 radical (unpaired) electrons. The summed E-state index contributed by atoms with van der Waals surface area (Å²) in [5.41, 5.74) is 3.00. The Hall–Kier alpha value is -2.45. The van der Waals surface area contributed by atoms with Gasteiger partial charge in [-0.15, -0.1) is 0 Å². The van der Waals surface area contributed by atoms with Gasteiger partial charge in [0.05, 0.1) is 12.1 Å². The molecule has 9 heteroatoms. The summed E-state index contributed by atoms with van der Waals surface area (Å²) in [6, 6.07) is 4.70. The predicted octanol–water partition coefficient (Wildman–Crippen LogP) is 1.38. The van der Waals surface area contributed by atoms with Gasteiger partial charge in [-0.25, -0.2) is 15.8 Å². The zero-order valence-corrected chi connectivity index (χ0v) is 12.1. The Kier molecular flexibility index (Phi) is 4.51. The van der Waals surface area contributed by atoms with Crippen LogP contribution in [0.3, 0.4) is 0 Å². The van der Waals surface area contributed by atoms with Crippen molar-refractivity contribution in [2.24, 2.45) is 5.84 Å². The Morgan fingerprint density at radius 1 is 1.33 bits per heavy atom. The molecule has 0 bridgehead atoms. The molecule has 0 aliphatic rings. The summed E-state index contributed by atoms with van der Waals surface area (Å²) >= 11 is 5.95. The highest BCUT2D eigenvalue weighted by Gasteiger charge is 2.15. The minimum Gasteiger partial charge on any atom is -0.481 e. The van der Waals surface area contributed by atoms with E-state index in [0.717, 1.165) is 0 Å². The second-order valence-corrected chi connectivity index (χ2v) is 4.41. The summed E-state index contributed by atoms with van der Waals surface area (Å²) in [6.07, 6.45) is 0. The molecule has 8 nitrogen and oxygen atoms in total. The summed E-state index contributed by atoms with van der Waals surface area (Å²) in [5, 5.41) is 2.70. The fraction of sp³-hybridized carbons (Fsp3) is 0.167. The standard InChI is InChI=1S/C12H13ClN6O2/c1-6-5-9(21-2)17-12(15-6)18-11(20)10-7(13)3-4-8(16-10)19-14/h3-5H,14H2,1-2H3,(H,16,19)(H,15,17,18,20). The molecule has 0 spiro atoms. The van der Waals surface area contributed by atoms with Crippen molar-refractivity contribution in [3.05, 3.63) is 34.6 Å². The second-order valence-electron chi connectivity index (χ2n) is 4.00. The van der Waals surface area contributed by atoms with E-state index in [9.17, 15) is 4.79 Å². The summed E-state index contributed by atoms with van der Waals surface area (Å²) < 4.78 is 5.01. The van der Waals surface area contributed by atoms with Gasteiger partial charge in [-0.3, -0.25) is 10.1 Å². The van der Waals surface area contributed by atoms with Gasteiger partial charge in [0, 0.05) is 11.8 Å². The molecule has 2 rings (SSSR count). The first kappa shape index (κ1) is 14.9. The molecule has 0 saturated heterocycles. The molecule has 0 saturated carbocycles. The van der Waals surface area contributed by atoms with Gasteiger partial charge in [0.15, 0.2) is 0 Å². The molecule has 4 N–H and O–H groups in total. The van der Waals surface area contributed by atoms with Crippen molar-refractivity contribution in [3.63, 3.8) is 0 Å². The molecule has 0 unspecified atom stereocenters. The van der Waals surface area contributed by atoms with Crippen molar-refractivity contribution in [2.75, 3.05) is 17.9 Å². The molecule has 0 aliphatic carbocycles. The summed E-state index contributed by atoms with van der Waals surface area (Å²) in [6.45, 7) is 1.75. The van der Waals surface area contributed by atoms with Crippen molar-refractivity contribution in [2.45, 2.75) is 6.92 Å². The molecule has 2 heterocycles. The Bertz CT molecular complexity index is 679. The number of nitrogens with two attached hydrogens (primary N) is 1. The Labute approximate surface area is 125 Å². The number of nitrogens with zero attached hydrogens (tertiary/aromatic N) is 3. The average Bonchev–Trinajstić information content (AvgIpc) is 2.46. The third-order valence-electron chi connectivity index (χ3n) is 2.47. The lowest BCUT2D eigenvalue weighted by Crippen LogP contribution is -2.18. The number of pyridine rings is 1. The van der Waals surface area contributed by atoms with E-state index >= 15 is 0 Å². The molecule has 2 aromatic heterocycles. The van der Waals surface area contributed by atoms with E-state index in [1.807, 2.05) is 0 Å². The van der Waals surface area contributed by atoms with Crippen LogP contribution in [-0.4, -0.2) is 28.0 Å². The maximum absolute atomic E-state index is 12.2. The summed E-state index contributed by atoms with van der Waals surface area (Å²) in [4.78, 5) is 24.3. The SMILES string of the molecule is COc1cc(C)nc(NC(=O)c2nc(NN)ccc2Cl)n1. The normalized spacial score (nSPS) is 10.1. The van der Waals surface area contributed by atoms with Crippen LogP contribution in [0.25, 0.3) is 0 Å². The van der Waals surface area contributed by atoms with E-state index < -0.39 is 5.91 Å². The minimum atomic E-state index is -0.551. The lowest BCUT2D eigenvalue weighted by atomic mass is 10.3. The first-order valence-corrected chi connectivity index (χ1v) is 6.25. The van der Waals surface area contributed by atoms with Gasteiger partial charge >= 0.3 is 0 Å². The number of aryl methyl sites for hydroxylation is 1. The zero-order valence-electron chi connectivity index (χ0n) is 11.3. The number of hydrogen-bond acceptors (Lipinski definition) is 7. The van der Waals surface area contributed by atoms with Crippen LogP contribution in [0, 0.1) is 6.92 Å². The van der Waals surface area contributed by atoms with Crippen molar-refractivity contribution < 1.29 is 9.53 Å². The van der Waals surface area contributed by atoms with E-state index in [1.165, 1.54) is 13.2 Å². The number of ether oxygens (including phenoxy) is 1. The number of amides is 1. The third-order valence-corrected chi connectivity index (χ3v) is 2.78. The smallest absolute Gasteiger partial charge is 0.278 e. The number of anilines is 2. The quantitative estimate of drug-likeness (QED) is 0.577. The Balaban J connectivity index is 2.27. The molecular weight excluding hydrogens is 296 g/mol. The Morgan fingerprint density at radius 2 is 2.10 bits per heavy atom. The van der Waals surface area contributed by atoms with Crippen molar-refractivity contribution in [1.29, 1.82) is 0 Å². The molecule has 110 valence electrons. The van der Waals surface area contributed by atoms with Gasteiger partial charge < -0.3 is 10.2 Å². The van der Waals surface area contributed by atoms with Crippen molar-refractivity contribution in [3.8, 4) is 5.88 Å². The van der Waals surface area contributed by atoms with Gasteiger partial charge in [0.2, 0.25) is 11.8 Å². The van der Waals surface area contributed by atoms with Crippen molar-refractivity contribution in [1.82, 2.24) is 15.0 Å². The molecule has 0 aromatic carbocycles. The van der Waals surface area contributed by atoms with Crippen LogP contribution < -0.4 is 21.3 Å². The first-order chi connectivity index (χ1) is 10.0. The van der Waals surface area contributed by atoms with Gasteiger partial charge in [0.1, 0.15) is 11.5 Å². The number of methoxy groups -OCH3 is 1. The van der Waals surface area contributed by atoms with Gasteiger partial charge in [-0.1, -0.05) is 11.6 Å². The number of carbonyl (C=O) groups is 1. The van der Waals surface area contributed by atoms with E-state index in [0.29, 0.717) is 17.4 Å². The second kappa shape index (κ2) is 6.33. The number of carbonyl (C=O) groups excluding carboxylic acids is 1. The van der Waals surface area contributed by atoms with Gasteiger partial charge in [0.25, 0.3) is 5.91 Å². The number of aromatic nitrogens is 3. The summed E-state index contributed by atoms with van der Waals surface area (Å²) in [7, 11) is 1.47. The number of nitrogen functional groups attached to an aromatic ring is 1. The fourth-order valence-electron chi connectivity index (χ4n) is 1.54. The lowest BCUT2D eigenvalue weighted by molar-refractivity contribution is 0.102. The predicted molar refractivity (Wildman–Crippen MR) is 78.3 cm³/mol. The molecular formula is C12H13ClN6O2. The largest absolute Gasteiger partial charge is 0.481 e. The van der Waals surface area contributed by atoms with Gasteiger partial charge in [-0.05, 0) is 19.1 Å². The van der Waals surface area contributed by atoms with Crippen LogP contribution in [0.2, 0.25) is 5.02 Å². The first-order valence-electron chi connectivity index (χ1n) is 5.87. The monoisotopic (exact) mass is 308 g/mol. The molecule has 0 aliphatic heterocycles. The minimum absolute atomic E-state index is 0.0104. The molecule has 1 amide bonds. The molecule has 2 aromatic rings. The zero-order chi connectivity index (χ0) is 15.4. The Morgan fingerprint density at radius 3 is 2.76 bits per heavy atom. The number of hydrogen-bond donors (Lipinski definition) is 3. The van der Waals surface area contributed by atoms with Crippen LogP contribution in [0.15, 0.2) is 18.2 Å². The molecule has 0 atom stereocenters. The van der Waals surface area contributed by atoms with E-state index in [-0.39, 0.29) is 16.7 Å². The van der Waals surface area contributed by atoms with Crippen LogP contribution in [0.5, 0.6) is 5.88 Å². The number of hydrazine groups is 1. The van der Waals surface area contributed by atoms with E-state index in [4.69, 9.17) is 22.2 Å². The van der Waals surface area contributed by atoms with Crippen LogP contribution in [-0.2, 0) is 0 Å². The topological polar surface area (TPSA) is 115 Å². The highest BCUT2D eigenvalue weighted by molar-refractivity contribution is 6.34. The molecule has 21 heavy (non-hydrogen) atoms. The van der Waals surface area contributed by atoms with E-state index in [2.05, 4.69) is 25.7 Å². The maximum atomic E-state index is 12.2. The molecule has 0 fully saturated rings. The van der Waals surface area contributed by atoms with E-state index in [1.54, 1.807) is 19.1 Å². The lowest BCUT2D eigenvalue weighted by Gasteiger charge is -2.08. The van der Waals surface area contributed by atoms with Crippen LogP contribution in [0.1, 0.15) is 16.2 Å². The van der Waals surface area contributed by atoms with Crippen molar-refractivity contribution >= 4 is 29.3 Å². The highest BCUT2D eigenvalue weighted by atomic mass is 35.5. The average molecular weight is 309 g/mol. The number of rotatable bonds is 4. The number of nitrogens with one attached hydrogen (secondary N) is 2. The number of halogens is 1. The van der Waals surface area contributed by atoms with Gasteiger partial charge in [-0.2, -0.15) is 4.98 Å². The van der Waals surface area contributed by atoms with Crippen LogP contribution in [0.4, 0.5) is 11.8 Å². The summed E-state index contributed by atoms with van der Waals surface area (Å²) in [5.74, 6) is 5.45. The van der Waals surface area contributed by atoms with Crippen LogP contribution >= 0.6 is 11.6 Å². The fourth-order valence-corrected chi connectivity index (χ4v) is 1.73.